The van der Waals surface area contributed by atoms with Crippen LogP contribution < -0.4 is 16.0 Å². The molecule has 0 fully saturated rings. The minimum absolute atomic E-state index is 0. The number of carbonyl (C=O) groups excluding carboxylic acids is 2. The minimum Gasteiger partial charge on any atom is -0.352 e. The molecule has 1 heterocycles. The number of benzene rings is 2. The molecule has 2 aromatic rings. The largest absolute Gasteiger partial charge is 0.352 e. The van der Waals surface area contributed by atoms with Crippen molar-refractivity contribution in [2.75, 3.05) is 11.9 Å². The van der Waals surface area contributed by atoms with Crippen molar-refractivity contribution in [3.05, 3.63) is 64.7 Å². The summed E-state index contributed by atoms with van der Waals surface area (Å²) in [6, 6.07) is 12.7. The Kier molecular flexibility index (Phi) is 6.56. The van der Waals surface area contributed by atoms with Gasteiger partial charge in [0.25, 0.3) is 11.8 Å². The van der Waals surface area contributed by atoms with E-state index in [1.165, 1.54) is 5.56 Å². The van der Waals surface area contributed by atoms with Crippen LogP contribution in [0.3, 0.4) is 0 Å². The lowest BCUT2D eigenvalue weighted by Gasteiger charge is -2.09. The molecule has 3 rings (SSSR count). The van der Waals surface area contributed by atoms with Crippen molar-refractivity contribution in [3.8, 4) is 0 Å². The molecule has 0 saturated heterocycles. The molecule has 0 bridgehead atoms. The maximum Gasteiger partial charge on any atom is 0.255 e. The Morgan fingerprint density at radius 2 is 1.76 bits per heavy atom. The SMILES string of the molecule is CCCNC(=O)c1cccc(NC(=O)c2ccc3c(c2)CNC3)c1.Cl. The highest BCUT2D eigenvalue weighted by molar-refractivity contribution is 6.05. The van der Waals surface area contributed by atoms with Gasteiger partial charge in [-0.25, -0.2) is 0 Å². The van der Waals surface area contributed by atoms with E-state index in [1.807, 2.05) is 25.1 Å². The summed E-state index contributed by atoms with van der Waals surface area (Å²) in [6.07, 6.45) is 0.884. The van der Waals surface area contributed by atoms with Crippen molar-refractivity contribution < 1.29 is 9.59 Å². The van der Waals surface area contributed by atoms with Gasteiger partial charge in [0.2, 0.25) is 0 Å². The number of anilines is 1. The summed E-state index contributed by atoms with van der Waals surface area (Å²) in [5, 5.41) is 8.96. The van der Waals surface area contributed by atoms with Gasteiger partial charge < -0.3 is 16.0 Å². The van der Waals surface area contributed by atoms with E-state index < -0.39 is 0 Å². The lowest BCUT2D eigenvalue weighted by Crippen LogP contribution is -2.24. The average molecular weight is 360 g/mol. The number of hydrogen-bond donors (Lipinski definition) is 3. The van der Waals surface area contributed by atoms with Gasteiger partial charge >= 0.3 is 0 Å². The summed E-state index contributed by atoms with van der Waals surface area (Å²) in [4.78, 5) is 24.4. The summed E-state index contributed by atoms with van der Waals surface area (Å²) in [6.45, 7) is 4.29. The lowest BCUT2D eigenvalue weighted by molar-refractivity contribution is 0.0952. The van der Waals surface area contributed by atoms with Gasteiger partial charge in [0.15, 0.2) is 0 Å². The Morgan fingerprint density at radius 1 is 1.00 bits per heavy atom. The molecule has 1 aliphatic heterocycles. The van der Waals surface area contributed by atoms with Crippen LogP contribution in [-0.4, -0.2) is 18.4 Å². The predicted molar refractivity (Wildman–Crippen MR) is 101 cm³/mol. The first kappa shape index (κ1) is 19.0. The van der Waals surface area contributed by atoms with E-state index in [-0.39, 0.29) is 24.2 Å². The smallest absolute Gasteiger partial charge is 0.255 e. The van der Waals surface area contributed by atoms with E-state index in [1.54, 1.807) is 24.3 Å². The third-order valence-corrected chi connectivity index (χ3v) is 4.02. The van der Waals surface area contributed by atoms with Crippen LogP contribution in [0.25, 0.3) is 0 Å². The van der Waals surface area contributed by atoms with E-state index in [9.17, 15) is 9.59 Å². The lowest BCUT2D eigenvalue weighted by atomic mass is 10.1. The molecule has 25 heavy (non-hydrogen) atoms. The molecule has 0 unspecified atom stereocenters. The van der Waals surface area contributed by atoms with Crippen LogP contribution in [0.2, 0.25) is 0 Å². The number of nitrogens with one attached hydrogen (secondary N) is 3. The predicted octanol–water partition coefficient (Wildman–Crippen LogP) is 3.10. The molecule has 3 N–H and O–H groups in total. The van der Waals surface area contributed by atoms with Crippen molar-refractivity contribution in [1.82, 2.24) is 10.6 Å². The van der Waals surface area contributed by atoms with E-state index >= 15 is 0 Å². The zero-order valence-corrected chi connectivity index (χ0v) is 14.9. The van der Waals surface area contributed by atoms with Crippen LogP contribution >= 0.6 is 12.4 Å². The van der Waals surface area contributed by atoms with E-state index in [0.717, 1.165) is 25.1 Å². The first-order valence-electron chi connectivity index (χ1n) is 8.19. The summed E-state index contributed by atoms with van der Waals surface area (Å²) in [7, 11) is 0. The highest BCUT2D eigenvalue weighted by Crippen LogP contribution is 2.18. The molecular weight excluding hydrogens is 338 g/mol. The zero-order valence-electron chi connectivity index (χ0n) is 14.1. The number of carbonyl (C=O) groups is 2. The molecular formula is C19H22ClN3O2. The highest BCUT2D eigenvalue weighted by Gasteiger charge is 2.14. The minimum atomic E-state index is -0.171. The van der Waals surface area contributed by atoms with Crippen LogP contribution in [0, 0.1) is 0 Å². The molecule has 0 spiro atoms. The second kappa shape index (κ2) is 8.65. The zero-order chi connectivity index (χ0) is 16.9. The normalized spacial score (nSPS) is 12.0. The van der Waals surface area contributed by atoms with E-state index in [0.29, 0.717) is 23.4 Å². The number of rotatable bonds is 5. The fraction of sp³-hybridized carbons (Fsp3) is 0.263. The fourth-order valence-corrected chi connectivity index (χ4v) is 2.72. The van der Waals surface area contributed by atoms with Crippen molar-refractivity contribution in [2.45, 2.75) is 26.4 Å². The van der Waals surface area contributed by atoms with Crippen LogP contribution in [0.4, 0.5) is 5.69 Å². The van der Waals surface area contributed by atoms with Crippen molar-refractivity contribution in [2.24, 2.45) is 0 Å². The van der Waals surface area contributed by atoms with Crippen molar-refractivity contribution in [1.29, 1.82) is 0 Å². The first-order chi connectivity index (χ1) is 11.7. The number of amides is 2. The third kappa shape index (κ3) is 4.59. The van der Waals surface area contributed by atoms with Gasteiger partial charge in [0.05, 0.1) is 0 Å². The average Bonchev–Trinajstić information content (AvgIpc) is 3.07. The molecule has 0 radical (unpaired) electrons. The van der Waals surface area contributed by atoms with E-state index in [2.05, 4.69) is 16.0 Å². The highest BCUT2D eigenvalue weighted by atomic mass is 35.5. The topological polar surface area (TPSA) is 70.2 Å². The van der Waals surface area contributed by atoms with Gasteiger partial charge in [-0.3, -0.25) is 9.59 Å². The fourth-order valence-electron chi connectivity index (χ4n) is 2.72. The monoisotopic (exact) mass is 359 g/mol. The van der Waals surface area contributed by atoms with Gasteiger partial charge in [0, 0.05) is 36.4 Å². The molecule has 0 atom stereocenters. The molecule has 1 aliphatic rings. The van der Waals surface area contributed by atoms with Gasteiger partial charge in [-0.1, -0.05) is 19.1 Å². The second-order valence-electron chi connectivity index (χ2n) is 5.88. The second-order valence-corrected chi connectivity index (χ2v) is 5.88. The summed E-state index contributed by atoms with van der Waals surface area (Å²) < 4.78 is 0. The maximum atomic E-state index is 12.4. The van der Waals surface area contributed by atoms with Crippen LogP contribution in [-0.2, 0) is 13.1 Å². The molecule has 5 nitrogen and oxygen atoms in total. The van der Waals surface area contributed by atoms with Crippen LogP contribution in [0.15, 0.2) is 42.5 Å². The molecule has 6 heteroatoms. The van der Waals surface area contributed by atoms with Crippen molar-refractivity contribution >= 4 is 29.9 Å². The quantitative estimate of drug-likeness (QED) is 0.768. The van der Waals surface area contributed by atoms with E-state index in [4.69, 9.17) is 0 Å². The molecule has 2 amide bonds. The molecule has 0 saturated carbocycles. The molecule has 2 aromatic carbocycles. The summed E-state index contributed by atoms with van der Waals surface area (Å²) in [5.74, 6) is -0.299. The number of fused-ring (bicyclic) bond motifs is 1. The molecule has 0 aromatic heterocycles. The third-order valence-electron chi connectivity index (χ3n) is 4.02. The van der Waals surface area contributed by atoms with Gasteiger partial charge in [-0.15, -0.1) is 12.4 Å². The Bertz CT molecular complexity index is 777. The summed E-state index contributed by atoms with van der Waals surface area (Å²) >= 11 is 0. The Balaban J connectivity index is 0.00000225. The number of halogens is 1. The van der Waals surface area contributed by atoms with Gasteiger partial charge in [-0.2, -0.15) is 0 Å². The van der Waals surface area contributed by atoms with Gasteiger partial charge in [0.1, 0.15) is 0 Å². The summed E-state index contributed by atoms with van der Waals surface area (Å²) in [5.41, 5.74) is 4.18. The number of hydrogen-bond acceptors (Lipinski definition) is 3. The first-order valence-corrected chi connectivity index (χ1v) is 8.19. The van der Waals surface area contributed by atoms with Gasteiger partial charge in [-0.05, 0) is 47.9 Å². The van der Waals surface area contributed by atoms with Crippen LogP contribution in [0.1, 0.15) is 45.2 Å². The Hall–Kier alpha value is -2.37. The van der Waals surface area contributed by atoms with Crippen LogP contribution in [0.5, 0.6) is 0 Å². The molecule has 132 valence electrons. The Labute approximate surface area is 153 Å². The standard InChI is InChI=1S/C19H21N3O2.ClH/c1-2-8-21-18(23)13-4-3-5-17(10-13)22-19(24)14-6-7-15-11-20-12-16(15)9-14;/h3-7,9-10,20H,2,8,11-12H2,1H3,(H,21,23)(H,22,24);1H. The van der Waals surface area contributed by atoms with Crippen molar-refractivity contribution in [3.63, 3.8) is 0 Å². The maximum absolute atomic E-state index is 12.4. The molecule has 0 aliphatic carbocycles. The Morgan fingerprint density at radius 3 is 2.56 bits per heavy atom.